The van der Waals surface area contributed by atoms with Crippen molar-refractivity contribution in [2.75, 3.05) is 11.1 Å². The zero-order valence-electron chi connectivity index (χ0n) is 17.7. The van der Waals surface area contributed by atoms with E-state index in [1.54, 1.807) is 12.1 Å². The number of carbonyl (C=O) groups is 2. The van der Waals surface area contributed by atoms with Crippen LogP contribution in [0, 0.1) is 22.0 Å². The van der Waals surface area contributed by atoms with Crippen LogP contribution in [0.2, 0.25) is 0 Å². The molecule has 31 heavy (non-hydrogen) atoms. The van der Waals surface area contributed by atoms with Crippen molar-refractivity contribution in [2.45, 2.75) is 44.6 Å². The van der Waals surface area contributed by atoms with Gasteiger partial charge in [-0.2, -0.15) is 0 Å². The Morgan fingerprint density at radius 2 is 1.97 bits per heavy atom. The predicted molar refractivity (Wildman–Crippen MR) is 122 cm³/mol. The fraction of sp³-hybridized carbons (Fsp3) is 0.391. The zero-order valence-corrected chi connectivity index (χ0v) is 18.5. The summed E-state index contributed by atoms with van der Waals surface area (Å²) in [5.41, 5.74) is 1.73. The van der Waals surface area contributed by atoms with Crippen molar-refractivity contribution in [2.24, 2.45) is 11.8 Å². The number of amides is 2. The van der Waals surface area contributed by atoms with Gasteiger partial charge in [-0.25, -0.2) is 0 Å². The van der Waals surface area contributed by atoms with Gasteiger partial charge in [0.25, 0.3) is 11.6 Å². The molecule has 0 aromatic heterocycles. The Bertz CT molecular complexity index is 973. The summed E-state index contributed by atoms with van der Waals surface area (Å²) in [5.74, 6) is 1.08. The molecule has 1 aliphatic carbocycles. The van der Waals surface area contributed by atoms with Crippen LogP contribution in [0.1, 0.15) is 49.0 Å². The molecule has 0 spiro atoms. The normalized spacial score (nSPS) is 13.1. The molecule has 0 aliphatic heterocycles. The van der Waals surface area contributed by atoms with Crippen LogP contribution in [0.5, 0.6) is 0 Å². The Balaban J connectivity index is 1.61. The van der Waals surface area contributed by atoms with Crippen molar-refractivity contribution >= 4 is 35.0 Å². The molecule has 2 aromatic carbocycles. The Morgan fingerprint density at radius 3 is 2.65 bits per heavy atom. The van der Waals surface area contributed by atoms with Crippen molar-refractivity contribution < 1.29 is 14.5 Å². The summed E-state index contributed by atoms with van der Waals surface area (Å²) in [4.78, 5) is 36.1. The number of hydrogen-bond acceptors (Lipinski definition) is 5. The lowest BCUT2D eigenvalue weighted by Crippen LogP contribution is -2.23. The molecular formula is C23H27N3O4S. The second kappa shape index (κ2) is 10.4. The lowest BCUT2D eigenvalue weighted by Gasteiger charge is -2.10. The molecule has 8 heteroatoms. The molecule has 0 bridgehead atoms. The molecule has 1 fully saturated rings. The van der Waals surface area contributed by atoms with Crippen LogP contribution in [0.25, 0.3) is 0 Å². The number of nitrogens with one attached hydrogen (secondary N) is 2. The predicted octanol–water partition coefficient (Wildman–Crippen LogP) is 5.01. The van der Waals surface area contributed by atoms with Crippen LogP contribution in [0.15, 0.2) is 47.4 Å². The van der Waals surface area contributed by atoms with Gasteiger partial charge in [0.15, 0.2) is 0 Å². The maximum Gasteiger partial charge on any atom is 0.283 e. The first-order chi connectivity index (χ1) is 14.8. The Labute approximate surface area is 186 Å². The molecule has 0 heterocycles. The summed E-state index contributed by atoms with van der Waals surface area (Å²) in [5, 5.41) is 17.2. The highest BCUT2D eigenvalue weighted by Gasteiger charge is 2.29. The minimum absolute atomic E-state index is 0.0276. The smallest absolute Gasteiger partial charge is 0.283 e. The van der Waals surface area contributed by atoms with E-state index in [0.29, 0.717) is 16.5 Å². The number of nitro benzene ring substituents is 1. The monoisotopic (exact) mass is 441 g/mol. The Kier molecular flexibility index (Phi) is 7.68. The lowest BCUT2D eigenvalue weighted by atomic mass is 10.1. The maximum atomic E-state index is 12.6. The van der Waals surface area contributed by atoms with Gasteiger partial charge in [0.1, 0.15) is 0 Å². The first kappa shape index (κ1) is 22.8. The van der Waals surface area contributed by atoms with Gasteiger partial charge < -0.3 is 10.6 Å². The van der Waals surface area contributed by atoms with E-state index in [9.17, 15) is 19.7 Å². The summed E-state index contributed by atoms with van der Waals surface area (Å²) < 4.78 is 0. The van der Waals surface area contributed by atoms with E-state index in [4.69, 9.17) is 0 Å². The molecule has 1 aliphatic rings. The molecule has 7 nitrogen and oxygen atoms in total. The number of anilines is 1. The van der Waals surface area contributed by atoms with Crippen LogP contribution in [-0.4, -0.2) is 22.5 Å². The molecule has 1 saturated carbocycles. The quantitative estimate of drug-likeness (QED) is 0.306. The van der Waals surface area contributed by atoms with Crippen molar-refractivity contribution in [3.63, 3.8) is 0 Å². The molecule has 0 unspecified atom stereocenters. The first-order valence-electron chi connectivity index (χ1n) is 10.4. The third-order valence-electron chi connectivity index (χ3n) is 4.97. The minimum Gasteiger partial charge on any atom is -0.348 e. The van der Waals surface area contributed by atoms with Crippen LogP contribution < -0.4 is 10.6 Å². The lowest BCUT2D eigenvalue weighted by molar-refractivity contribution is -0.387. The average molecular weight is 442 g/mol. The maximum absolute atomic E-state index is 12.6. The van der Waals surface area contributed by atoms with Gasteiger partial charge in [-0.05, 0) is 60.8 Å². The molecule has 2 amide bonds. The topological polar surface area (TPSA) is 101 Å². The molecule has 3 rings (SSSR count). The van der Waals surface area contributed by atoms with Gasteiger partial charge in [-0.15, -0.1) is 11.8 Å². The first-order valence-corrected chi connectivity index (χ1v) is 11.4. The fourth-order valence-corrected chi connectivity index (χ4v) is 4.22. The molecular weight excluding hydrogens is 414 g/mol. The van der Waals surface area contributed by atoms with E-state index in [1.165, 1.54) is 17.8 Å². The van der Waals surface area contributed by atoms with Crippen LogP contribution in [0.3, 0.4) is 0 Å². The van der Waals surface area contributed by atoms with E-state index in [0.717, 1.165) is 30.6 Å². The second-order valence-electron chi connectivity index (χ2n) is 8.12. The average Bonchev–Trinajstić information content (AvgIpc) is 3.57. The summed E-state index contributed by atoms with van der Waals surface area (Å²) >= 11 is 1.44. The summed E-state index contributed by atoms with van der Waals surface area (Å²) in [6, 6.07) is 11.9. The largest absolute Gasteiger partial charge is 0.348 e. The SMILES string of the molecule is CC(C)CCSc1ccc(C(=O)NCc2cccc(NC(=O)C3CC3)c2)cc1[N+](=O)[O-]. The Morgan fingerprint density at radius 1 is 1.19 bits per heavy atom. The molecule has 2 N–H and O–H groups in total. The van der Waals surface area contributed by atoms with Crippen molar-refractivity contribution in [1.82, 2.24) is 5.32 Å². The van der Waals surface area contributed by atoms with Crippen molar-refractivity contribution in [3.8, 4) is 0 Å². The standard InChI is InChI=1S/C23H27N3O4S/c1-15(2)10-11-31-21-9-8-18(13-20(21)26(29)30)22(27)24-14-16-4-3-5-19(12-16)25-23(28)17-6-7-17/h3-5,8-9,12-13,15,17H,6-7,10-11,14H2,1-2H3,(H,24,27)(H,25,28). The van der Waals surface area contributed by atoms with Crippen LogP contribution in [-0.2, 0) is 11.3 Å². The minimum atomic E-state index is -0.444. The van der Waals surface area contributed by atoms with Gasteiger partial charge in [0.05, 0.1) is 9.82 Å². The van der Waals surface area contributed by atoms with Crippen LogP contribution in [0.4, 0.5) is 11.4 Å². The van der Waals surface area contributed by atoms with E-state index >= 15 is 0 Å². The second-order valence-corrected chi connectivity index (χ2v) is 9.25. The van der Waals surface area contributed by atoms with E-state index in [2.05, 4.69) is 24.5 Å². The van der Waals surface area contributed by atoms with Gasteiger partial charge in [0, 0.05) is 29.8 Å². The molecule has 164 valence electrons. The Hall–Kier alpha value is -2.87. The van der Waals surface area contributed by atoms with Gasteiger partial charge in [-0.1, -0.05) is 26.0 Å². The number of rotatable bonds is 10. The molecule has 2 aromatic rings. The van der Waals surface area contributed by atoms with Crippen LogP contribution >= 0.6 is 11.8 Å². The third-order valence-corrected chi connectivity index (χ3v) is 6.06. The van der Waals surface area contributed by atoms with E-state index in [-0.39, 0.29) is 35.5 Å². The molecule has 0 saturated heterocycles. The highest BCUT2D eigenvalue weighted by atomic mass is 32.2. The number of carbonyl (C=O) groups excluding carboxylic acids is 2. The van der Waals surface area contributed by atoms with Crippen molar-refractivity contribution in [1.29, 1.82) is 0 Å². The molecule has 0 radical (unpaired) electrons. The number of benzene rings is 2. The summed E-state index contributed by atoms with van der Waals surface area (Å²) in [6.45, 7) is 4.48. The summed E-state index contributed by atoms with van der Waals surface area (Å²) in [6.07, 6.45) is 2.83. The van der Waals surface area contributed by atoms with E-state index < -0.39 is 4.92 Å². The number of hydrogen-bond donors (Lipinski definition) is 2. The van der Waals surface area contributed by atoms with E-state index in [1.807, 2.05) is 24.3 Å². The highest BCUT2D eigenvalue weighted by Crippen LogP contribution is 2.31. The van der Waals surface area contributed by atoms with Gasteiger partial charge in [-0.3, -0.25) is 19.7 Å². The zero-order chi connectivity index (χ0) is 22.4. The number of nitrogens with zero attached hydrogens (tertiary/aromatic N) is 1. The van der Waals surface area contributed by atoms with Gasteiger partial charge >= 0.3 is 0 Å². The molecule has 0 atom stereocenters. The highest BCUT2D eigenvalue weighted by molar-refractivity contribution is 7.99. The number of thioether (sulfide) groups is 1. The van der Waals surface area contributed by atoms with Gasteiger partial charge in [0.2, 0.25) is 5.91 Å². The third kappa shape index (κ3) is 6.82. The number of nitro groups is 1. The fourth-order valence-electron chi connectivity index (χ4n) is 2.96. The summed E-state index contributed by atoms with van der Waals surface area (Å²) in [7, 11) is 0. The van der Waals surface area contributed by atoms with Crippen molar-refractivity contribution in [3.05, 3.63) is 63.7 Å².